The van der Waals surface area contributed by atoms with E-state index in [9.17, 15) is 5.11 Å². The lowest BCUT2D eigenvalue weighted by Crippen LogP contribution is -2.42. The molecular weight excluding hydrogens is 252 g/mol. The third-order valence-corrected chi connectivity index (χ3v) is 3.12. The minimum absolute atomic E-state index is 0.0816. The summed E-state index contributed by atoms with van der Waals surface area (Å²) in [7, 11) is 0. The first kappa shape index (κ1) is 14.7. The summed E-state index contributed by atoms with van der Waals surface area (Å²) in [4.78, 5) is 1.64. The SMILES string of the molecule is Cc1cc(C)cc(-n2ncc(CNC(C)(C)CO)n2)c1. The predicted molar refractivity (Wildman–Crippen MR) is 78.8 cm³/mol. The fourth-order valence-electron chi connectivity index (χ4n) is 1.95. The Morgan fingerprint density at radius 1 is 1.20 bits per heavy atom. The molecule has 2 aromatic rings. The number of aliphatic hydroxyl groups is 1. The number of aliphatic hydroxyl groups excluding tert-OH is 1. The second kappa shape index (κ2) is 5.73. The first-order valence-corrected chi connectivity index (χ1v) is 6.75. The van der Waals surface area contributed by atoms with Crippen LogP contribution in [0.4, 0.5) is 0 Å². The van der Waals surface area contributed by atoms with Crippen LogP contribution in [-0.4, -0.2) is 32.2 Å². The molecule has 0 spiro atoms. The molecule has 0 unspecified atom stereocenters. The summed E-state index contributed by atoms with van der Waals surface area (Å²) in [6, 6.07) is 6.24. The van der Waals surface area contributed by atoms with Crippen LogP contribution in [0, 0.1) is 13.8 Å². The van der Waals surface area contributed by atoms with Gasteiger partial charge in [0.15, 0.2) is 0 Å². The van der Waals surface area contributed by atoms with Crippen molar-refractivity contribution in [2.75, 3.05) is 6.61 Å². The van der Waals surface area contributed by atoms with Gasteiger partial charge in [-0.15, -0.1) is 0 Å². The average molecular weight is 274 g/mol. The summed E-state index contributed by atoms with van der Waals surface area (Å²) in [5.41, 5.74) is 3.89. The third kappa shape index (κ3) is 3.65. The average Bonchev–Trinajstić information content (AvgIpc) is 2.84. The van der Waals surface area contributed by atoms with Gasteiger partial charge in [-0.25, -0.2) is 0 Å². The maximum Gasteiger partial charge on any atom is 0.0969 e. The molecule has 2 N–H and O–H groups in total. The molecule has 0 amide bonds. The first-order chi connectivity index (χ1) is 9.39. The number of benzene rings is 1. The zero-order valence-corrected chi connectivity index (χ0v) is 12.5. The molecular formula is C15H22N4O. The van der Waals surface area contributed by atoms with E-state index in [1.54, 1.807) is 11.0 Å². The summed E-state index contributed by atoms with van der Waals surface area (Å²) in [5.74, 6) is 0. The van der Waals surface area contributed by atoms with E-state index in [0.29, 0.717) is 6.54 Å². The van der Waals surface area contributed by atoms with Crippen LogP contribution in [0.1, 0.15) is 30.7 Å². The van der Waals surface area contributed by atoms with Crippen molar-refractivity contribution in [2.45, 2.75) is 39.8 Å². The largest absolute Gasteiger partial charge is 0.394 e. The van der Waals surface area contributed by atoms with Gasteiger partial charge in [-0.2, -0.15) is 15.0 Å². The van der Waals surface area contributed by atoms with Gasteiger partial charge in [-0.1, -0.05) is 6.07 Å². The van der Waals surface area contributed by atoms with Crippen molar-refractivity contribution >= 4 is 0 Å². The molecule has 0 aliphatic carbocycles. The Labute approximate surface area is 119 Å². The van der Waals surface area contributed by atoms with Crippen LogP contribution >= 0.6 is 0 Å². The molecule has 1 aromatic heterocycles. The number of hydrogen-bond acceptors (Lipinski definition) is 4. The van der Waals surface area contributed by atoms with Crippen LogP contribution in [0.3, 0.4) is 0 Å². The number of nitrogens with one attached hydrogen (secondary N) is 1. The summed E-state index contributed by atoms with van der Waals surface area (Å²) in [6.45, 7) is 8.68. The number of hydrogen-bond donors (Lipinski definition) is 2. The zero-order valence-electron chi connectivity index (χ0n) is 12.5. The first-order valence-electron chi connectivity index (χ1n) is 6.75. The minimum atomic E-state index is -0.316. The summed E-state index contributed by atoms with van der Waals surface area (Å²) >= 11 is 0. The van der Waals surface area contributed by atoms with Crippen LogP contribution < -0.4 is 5.32 Å². The van der Waals surface area contributed by atoms with Crippen LogP contribution in [0.15, 0.2) is 24.4 Å². The molecule has 20 heavy (non-hydrogen) atoms. The predicted octanol–water partition coefficient (Wildman–Crippen LogP) is 1.74. The van der Waals surface area contributed by atoms with Crippen molar-refractivity contribution in [1.82, 2.24) is 20.3 Å². The van der Waals surface area contributed by atoms with Gasteiger partial charge in [0, 0.05) is 12.1 Å². The number of aryl methyl sites for hydroxylation is 2. The topological polar surface area (TPSA) is 63.0 Å². The van der Waals surface area contributed by atoms with Gasteiger partial charge in [-0.3, -0.25) is 0 Å². The normalized spacial score (nSPS) is 11.8. The monoisotopic (exact) mass is 274 g/mol. The van der Waals surface area contributed by atoms with E-state index in [0.717, 1.165) is 11.4 Å². The van der Waals surface area contributed by atoms with Crippen LogP contribution in [0.25, 0.3) is 5.69 Å². The summed E-state index contributed by atoms with van der Waals surface area (Å²) in [6.07, 6.45) is 1.75. The molecule has 5 heteroatoms. The molecule has 2 rings (SSSR count). The smallest absolute Gasteiger partial charge is 0.0969 e. The molecule has 0 bridgehead atoms. The molecule has 1 heterocycles. The molecule has 0 radical (unpaired) electrons. The number of nitrogens with zero attached hydrogens (tertiary/aromatic N) is 3. The third-order valence-electron chi connectivity index (χ3n) is 3.12. The Morgan fingerprint density at radius 3 is 2.45 bits per heavy atom. The van der Waals surface area contributed by atoms with Gasteiger partial charge in [0.05, 0.1) is 24.2 Å². The standard InChI is InChI=1S/C15H22N4O/c1-11-5-12(2)7-14(6-11)19-17-9-13(18-19)8-16-15(3,4)10-20/h5-7,9,16,20H,8,10H2,1-4H3. The zero-order chi connectivity index (χ0) is 14.8. The summed E-state index contributed by atoms with van der Waals surface area (Å²) in [5, 5.41) is 21.2. The highest BCUT2D eigenvalue weighted by Crippen LogP contribution is 2.12. The van der Waals surface area contributed by atoms with Crippen LogP contribution in [0.2, 0.25) is 0 Å². The van der Waals surface area contributed by atoms with Gasteiger partial charge >= 0.3 is 0 Å². The van der Waals surface area contributed by atoms with E-state index in [-0.39, 0.29) is 12.1 Å². The van der Waals surface area contributed by atoms with Crippen LogP contribution in [0.5, 0.6) is 0 Å². The van der Waals surface area contributed by atoms with Crippen molar-refractivity contribution in [3.63, 3.8) is 0 Å². The Morgan fingerprint density at radius 2 is 1.85 bits per heavy atom. The quantitative estimate of drug-likeness (QED) is 0.872. The van der Waals surface area contributed by atoms with E-state index >= 15 is 0 Å². The van der Waals surface area contributed by atoms with Gasteiger partial charge < -0.3 is 10.4 Å². The van der Waals surface area contributed by atoms with Gasteiger partial charge in [0.2, 0.25) is 0 Å². The molecule has 0 fully saturated rings. The maximum atomic E-state index is 9.21. The fraction of sp³-hybridized carbons (Fsp3) is 0.467. The molecule has 0 saturated heterocycles. The second-order valence-electron chi connectivity index (χ2n) is 5.87. The minimum Gasteiger partial charge on any atom is -0.394 e. The van der Waals surface area contributed by atoms with E-state index in [2.05, 4.69) is 47.6 Å². The van der Waals surface area contributed by atoms with E-state index < -0.39 is 0 Å². The highest BCUT2D eigenvalue weighted by molar-refractivity contribution is 5.37. The van der Waals surface area contributed by atoms with Crippen LogP contribution in [-0.2, 0) is 6.54 Å². The van der Waals surface area contributed by atoms with Crippen molar-refractivity contribution < 1.29 is 5.11 Å². The Balaban J connectivity index is 2.12. The fourth-order valence-corrected chi connectivity index (χ4v) is 1.95. The van der Waals surface area contributed by atoms with E-state index in [1.807, 2.05) is 13.8 Å². The molecule has 0 atom stereocenters. The molecule has 0 aliphatic rings. The van der Waals surface area contributed by atoms with E-state index in [4.69, 9.17) is 0 Å². The number of rotatable bonds is 5. The van der Waals surface area contributed by atoms with Gasteiger partial charge in [-0.05, 0) is 51.0 Å². The molecule has 108 valence electrons. The molecule has 5 nitrogen and oxygen atoms in total. The molecule has 0 aliphatic heterocycles. The Kier molecular flexibility index (Phi) is 4.20. The summed E-state index contributed by atoms with van der Waals surface area (Å²) < 4.78 is 0. The van der Waals surface area contributed by atoms with E-state index in [1.165, 1.54) is 11.1 Å². The van der Waals surface area contributed by atoms with Crippen molar-refractivity contribution in [2.24, 2.45) is 0 Å². The lowest BCUT2D eigenvalue weighted by atomic mass is 10.1. The molecule has 1 aromatic carbocycles. The number of aromatic nitrogens is 3. The highest BCUT2D eigenvalue weighted by atomic mass is 16.3. The Bertz CT molecular complexity index is 569. The Hall–Kier alpha value is -1.72. The van der Waals surface area contributed by atoms with Crippen molar-refractivity contribution in [3.05, 3.63) is 41.2 Å². The lowest BCUT2D eigenvalue weighted by Gasteiger charge is -2.22. The maximum absolute atomic E-state index is 9.21. The molecule has 0 saturated carbocycles. The van der Waals surface area contributed by atoms with Gasteiger partial charge in [0.1, 0.15) is 0 Å². The lowest BCUT2D eigenvalue weighted by molar-refractivity contribution is 0.187. The van der Waals surface area contributed by atoms with Crippen molar-refractivity contribution in [1.29, 1.82) is 0 Å². The second-order valence-corrected chi connectivity index (χ2v) is 5.87. The van der Waals surface area contributed by atoms with Gasteiger partial charge in [0.25, 0.3) is 0 Å². The highest BCUT2D eigenvalue weighted by Gasteiger charge is 2.15. The van der Waals surface area contributed by atoms with Crippen molar-refractivity contribution in [3.8, 4) is 5.69 Å².